The molecule has 3 aliphatic heterocycles. The van der Waals surface area contributed by atoms with Crippen molar-refractivity contribution in [1.29, 1.82) is 0 Å². The number of alkyl halides is 1. The first-order valence-corrected chi connectivity index (χ1v) is 14.6. The second-order valence-corrected chi connectivity index (χ2v) is 13.3. The molecule has 0 bridgehead atoms. The van der Waals surface area contributed by atoms with Crippen molar-refractivity contribution in [2.45, 2.75) is 56.9 Å². The molecule has 0 aromatic heterocycles. The molecule has 1 aromatic rings. The van der Waals surface area contributed by atoms with Crippen LogP contribution >= 0.6 is 23.2 Å². The number of hydrogen-bond donors (Lipinski definition) is 5. The quantitative estimate of drug-likeness (QED) is 0.269. The van der Waals surface area contributed by atoms with Gasteiger partial charge in [-0.3, -0.25) is 14.5 Å². The third-order valence-electron chi connectivity index (χ3n) is 8.16. The molecule has 8 nitrogen and oxygen atoms in total. The summed E-state index contributed by atoms with van der Waals surface area (Å²) in [5.41, 5.74) is -0.581. The van der Waals surface area contributed by atoms with Crippen LogP contribution in [-0.4, -0.2) is 84.1 Å². The van der Waals surface area contributed by atoms with E-state index in [1.54, 1.807) is 6.08 Å². The molecule has 1 aromatic carbocycles. The highest BCUT2D eigenvalue weighted by molar-refractivity contribution is 6.31. The van der Waals surface area contributed by atoms with Crippen molar-refractivity contribution in [3.8, 4) is 0 Å². The van der Waals surface area contributed by atoms with Crippen LogP contribution in [0.4, 0.5) is 14.5 Å². The van der Waals surface area contributed by atoms with E-state index in [2.05, 4.69) is 22.5 Å². The zero-order valence-corrected chi connectivity index (χ0v) is 25.4. The van der Waals surface area contributed by atoms with E-state index in [4.69, 9.17) is 23.2 Å². The SMILES string of the molecule is C=C(/C=C\C=C(\Cl)CF)[C@H]1[C@H](C(=O)NCCN2C[C@@H](O)[C@H](O)C2)N[C@H](CC(C)(C)C)[C@]12C(=O)Nc1cc(Cl)c(F)cc12. The number of halogens is 4. The summed E-state index contributed by atoms with van der Waals surface area (Å²) in [6.07, 6.45) is 3.22. The molecule has 12 heteroatoms. The minimum Gasteiger partial charge on any atom is -0.389 e. The number of carbonyl (C=O) groups excluding carboxylic acids is 2. The smallest absolute Gasteiger partial charge is 0.237 e. The molecule has 5 N–H and O–H groups in total. The van der Waals surface area contributed by atoms with E-state index in [-0.39, 0.29) is 22.0 Å². The maximum Gasteiger partial charge on any atom is 0.237 e. The van der Waals surface area contributed by atoms with Gasteiger partial charge in [0.2, 0.25) is 11.8 Å². The largest absolute Gasteiger partial charge is 0.389 e. The highest BCUT2D eigenvalue weighted by Crippen LogP contribution is 2.55. The van der Waals surface area contributed by atoms with Crippen LogP contribution in [0.15, 0.2) is 47.5 Å². The number of hydrogen-bond acceptors (Lipinski definition) is 6. The lowest BCUT2D eigenvalue weighted by Gasteiger charge is -2.37. The van der Waals surface area contributed by atoms with Crippen LogP contribution in [0, 0.1) is 17.2 Å². The van der Waals surface area contributed by atoms with Gasteiger partial charge in [0.1, 0.15) is 17.9 Å². The fourth-order valence-corrected chi connectivity index (χ4v) is 6.62. The van der Waals surface area contributed by atoms with Crippen LogP contribution in [-0.2, 0) is 15.0 Å². The first kappa shape index (κ1) is 32.6. The fraction of sp³-hybridized carbons (Fsp3) is 0.533. The van der Waals surface area contributed by atoms with Crippen LogP contribution in [0.5, 0.6) is 0 Å². The third kappa shape index (κ3) is 6.44. The molecule has 1 spiro atoms. The van der Waals surface area contributed by atoms with Gasteiger partial charge in [-0.2, -0.15) is 0 Å². The summed E-state index contributed by atoms with van der Waals surface area (Å²) < 4.78 is 27.9. The van der Waals surface area contributed by atoms with Gasteiger partial charge < -0.3 is 26.2 Å². The van der Waals surface area contributed by atoms with Gasteiger partial charge in [0, 0.05) is 48.9 Å². The number of benzene rings is 1. The zero-order valence-electron chi connectivity index (χ0n) is 23.9. The molecule has 2 amide bonds. The number of allylic oxidation sites excluding steroid dienone is 4. The highest BCUT2D eigenvalue weighted by atomic mass is 35.5. The molecule has 4 rings (SSSR count). The van der Waals surface area contributed by atoms with Gasteiger partial charge >= 0.3 is 0 Å². The van der Waals surface area contributed by atoms with Crippen LogP contribution in [0.25, 0.3) is 0 Å². The summed E-state index contributed by atoms with van der Waals surface area (Å²) in [5, 5.41) is 28.7. The monoisotopic (exact) mass is 626 g/mol. The van der Waals surface area contributed by atoms with Crippen LogP contribution in [0.3, 0.4) is 0 Å². The van der Waals surface area contributed by atoms with Crippen molar-refractivity contribution in [2.24, 2.45) is 11.3 Å². The van der Waals surface area contributed by atoms with Gasteiger partial charge in [0.25, 0.3) is 0 Å². The van der Waals surface area contributed by atoms with E-state index in [1.807, 2.05) is 25.7 Å². The third-order valence-corrected chi connectivity index (χ3v) is 8.68. The number of anilines is 1. The van der Waals surface area contributed by atoms with Crippen molar-refractivity contribution in [2.75, 3.05) is 38.2 Å². The number of β-amino-alcohol motifs (C(OH)–C–C–N with tert-alkyl or cyclic N) is 2. The summed E-state index contributed by atoms with van der Waals surface area (Å²) in [6, 6.07) is 1.08. The fourth-order valence-electron chi connectivity index (χ4n) is 6.39. The summed E-state index contributed by atoms with van der Waals surface area (Å²) in [5.74, 6) is -2.36. The molecule has 2 saturated heterocycles. The lowest BCUT2D eigenvalue weighted by atomic mass is 9.62. The number of aliphatic hydroxyl groups is 2. The molecule has 0 radical (unpaired) electrons. The first-order chi connectivity index (χ1) is 19.7. The molecule has 2 fully saturated rings. The van der Waals surface area contributed by atoms with Crippen molar-refractivity contribution < 1.29 is 28.6 Å². The van der Waals surface area contributed by atoms with Crippen molar-refractivity contribution in [3.63, 3.8) is 0 Å². The van der Waals surface area contributed by atoms with Crippen molar-refractivity contribution in [3.05, 3.63) is 63.9 Å². The average Bonchev–Trinajstić information content (AvgIpc) is 3.50. The maximum absolute atomic E-state index is 15.0. The lowest BCUT2D eigenvalue weighted by Crippen LogP contribution is -2.50. The van der Waals surface area contributed by atoms with Crippen LogP contribution < -0.4 is 16.0 Å². The van der Waals surface area contributed by atoms with E-state index >= 15 is 0 Å². The second kappa shape index (κ2) is 12.7. The van der Waals surface area contributed by atoms with Gasteiger partial charge in [-0.25, -0.2) is 8.78 Å². The highest BCUT2D eigenvalue weighted by Gasteiger charge is 2.65. The number of nitrogens with one attached hydrogen (secondary N) is 3. The number of rotatable bonds is 9. The standard InChI is InChI=1S/C30H38Cl2F2N4O4/c1-16(6-5-7-17(31)13-33)25-26(27(41)35-8-9-38-14-22(39)23(40)15-38)37-24(12-29(2,3)4)30(25)18-10-20(34)19(32)11-21(18)36-28(30)42/h5-7,10-11,22-26,37,39-40H,1,8-9,12-15H2,2-4H3,(H,35,41)(H,36,42)/b6-5-,17-7+/t22-,23-,24-,25+,26-,30+/m1/s1. The Bertz CT molecular complexity index is 1290. The van der Waals surface area contributed by atoms with Crippen LogP contribution in [0.2, 0.25) is 5.02 Å². The number of amides is 2. The molecule has 0 aliphatic carbocycles. The minimum absolute atomic E-state index is 0.0315. The Balaban J connectivity index is 1.75. The van der Waals surface area contributed by atoms with E-state index in [0.717, 1.165) is 0 Å². The normalized spacial score (nSPS) is 29.9. The summed E-state index contributed by atoms with van der Waals surface area (Å²) >= 11 is 11.9. The molecule has 0 saturated carbocycles. The average molecular weight is 628 g/mol. The van der Waals surface area contributed by atoms with Gasteiger partial charge in [-0.15, -0.1) is 0 Å². The molecule has 0 unspecified atom stereocenters. The van der Waals surface area contributed by atoms with Crippen molar-refractivity contribution in [1.82, 2.24) is 15.5 Å². The summed E-state index contributed by atoms with van der Waals surface area (Å²) in [6.45, 7) is 10.6. The lowest BCUT2D eigenvalue weighted by molar-refractivity contribution is -0.124. The molecule has 230 valence electrons. The Kier molecular flexibility index (Phi) is 9.86. The molecule has 6 atom stereocenters. The number of aliphatic hydroxyl groups excluding tert-OH is 2. The van der Waals surface area contributed by atoms with Crippen LogP contribution in [0.1, 0.15) is 32.8 Å². The van der Waals surface area contributed by atoms with Crippen molar-refractivity contribution >= 4 is 40.7 Å². The topological polar surface area (TPSA) is 114 Å². The van der Waals surface area contributed by atoms with E-state index in [9.17, 15) is 28.6 Å². The first-order valence-electron chi connectivity index (χ1n) is 13.9. The minimum atomic E-state index is -1.42. The Labute approximate surface area is 254 Å². The number of carbonyl (C=O) groups is 2. The summed E-state index contributed by atoms with van der Waals surface area (Å²) in [7, 11) is 0. The molecule has 3 heterocycles. The Morgan fingerprint density at radius 1 is 1.29 bits per heavy atom. The van der Waals surface area contributed by atoms with E-state index < -0.39 is 59.9 Å². The predicted molar refractivity (Wildman–Crippen MR) is 160 cm³/mol. The summed E-state index contributed by atoms with van der Waals surface area (Å²) in [4.78, 5) is 29.7. The Hall–Kier alpha value is -2.34. The maximum atomic E-state index is 15.0. The number of likely N-dealkylation sites (tertiary alicyclic amines) is 1. The van der Waals surface area contributed by atoms with Gasteiger partial charge in [-0.05, 0) is 41.2 Å². The van der Waals surface area contributed by atoms with Gasteiger partial charge in [0.05, 0.1) is 23.3 Å². The van der Waals surface area contributed by atoms with E-state index in [0.29, 0.717) is 42.9 Å². The second-order valence-electron chi connectivity index (χ2n) is 12.4. The molecule has 42 heavy (non-hydrogen) atoms. The molecular formula is C30H38Cl2F2N4O4. The molecular weight excluding hydrogens is 589 g/mol. The Morgan fingerprint density at radius 3 is 2.57 bits per heavy atom. The number of fused-ring (bicyclic) bond motifs is 2. The van der Waals surface area contributed by atoms with E-state index in [1.165, 1.54) is 24.3 Å². The van der Waals surface area contributed by atoms with Gasteiger partial charge in [-0.1, -0.05) is 62.7 Å². The number of nitrogens with zero attached hydrogens (tertiary/aromatic N) is 1. The molecule has 3 aliphatic rings. The van der Waals surface area contributed by atoms with Gasteiger partial charge in [0.15, 0.2) is 0 Å². The predicted octanol–water partition coefficient (Wildman–Crippen LogP) is 3.42. The zero-order chi connectivity index (χ0) is 31.0. The Morgan fingerprint density at radius 2 is 1.95 bits per heavy atom.